The number of aromatic nitrogens is 5. The van der Waals surface area contributed by atoms with Crippen molar-refractivity contribution < 1.29 is 44.5 Å². The minimum absolute atomic E-state index is 0. The first-order valence-electron chi connectivity index (χ1n) is 8.00. The molecule has 0 spiro atoms. The second kappa shape index (κ2) is 7.68. The molecule has 4 aromatic rings. The van der Waals surface area contributed by atoms with E-state index in [2.05, 4.69) is 10.2 Å². The van der Waals surface area contributed by atoms with Gasteiger partial charge in [-0.1, -0.05) is 12.1 Å². The van der Waals surface area contributed by atoms with Crippen LogP contribution in [0.4, 0.5) is 4.79 Å². The molecule has 0 aliphatic rings. The second-order valence-corrected chi connectivity index (χ2v) is 5.92. The molecule has 28 heavy (non-hydrogen) atoms. The molecule has 0 fully saturated rings. The van der Waals surface area contributed by atoms with Gasteiger partial charge in [0.25, 0.3) is 12.0 Å². The molecule has 1 aromatic carbocycles. The van der Waals surface area contributed by atoms with Crippen molar-refractivity contribution in [1.82, 2.24) is 19.6 Å². The Bertz CT molecular complexity index is 1160. The third-order valence-corrected chi connectivity index (χ3v) is 4.14. The maximum Gasteiger partial charge on any atom is 1.00 e. The summed E-state index contributed by atoms with van der Waals surface area (Å²) in [6.45, 7) is 0. The average molecular weight is 372 g/mol. The number of nitrogens with zero attached hydrogens (tertiary/aromatic N) is 5. The fourth-order valence-corrected chi connectivity index (χ4v) is 2.96. The molecule has 0 aliphatic carbocycles. The summed E-state index contributed by atoms with van der Waals surface area (Å²) in [6.07, 6.45) is 5.64. The van der Waals surface area contributed by atoms with Gasteiger partial charge in [0.15, 0.2) is 0 Å². The Morgan fingerprint density at radius 3 is 2.46 bits per heavy atom. The molecule has 10 heteroatoms. The second-order valence-electron chi connectivity index (χ2n) is 5.92. The van der Waals surface area contributed by atoms with Gasteiger partial charge in [0.2, 0.25) is 0 Å². The molecule has 3 heterocycles. The van der Waals surface area contributed by atoms with Crippen molar-refractivity contribution in [1.29, 1.82) is 0 Å². The smallest absolute Gasteiger partial charge is 1.00 e. The van der Waals surface area contributed by atoms with Crippen LogP contribution < -0.4 is 23.3 Å². The number of carboxylic acids is 1. The molecular weight excluding hydrogens is 357 g/mol. The van der Waals surface area contributed by atoms with E-state index in [4.69, 9.17) is 0 Å². The summed E-state index contributed by atoms with van der Waals surface area (Å²) >= 11 is 0. The molecule has 0 unspecified atom stereocenters. The molecule has 2 N–H and O–H groups in total. The Morgan fingerprint density at radius 1 is 1.11 bits per heavy atom. The van der Waals surface area contributed by atoms with Gasteiger partial charge in [0, 0.05) is 28.6 Å². The zero-order chi connectivity index (χ0) is 19.0. The summed E-state index contributed by atoms with van der Waals surface area (Å²) in [5.74, 6) is -1.22. The molecule has 0 amide bonds. The van der Waals surface area contributed by atoms with Gasteiger partial charge in [-0.15, -0.1) is 0 Å². The van der Waals surface area contributed by atoms with Crippen molar-refractivity contribution in [2.45, 2.75) is 6.42 Å². The van der Waals surface area contributed by atoms with Gasteiger partial charge in [-0.3, -0.25) is 0 Å². The van der Waals surface area contributed by atoms with E-state index in [1.807, 2.05) is 36.5 Å². The molecule has 0 saturated carbocycles. The van der Waals surface area contributed by atoms with Crippen LogP contribution in [0.1, 0.15) is 22.9 Å². The first kappa shape index (κ1) is 19.4. The molecule has 136 valence electrons. The van der Waals surface area contributed by atoms with Gasteiger partial charge >= 0.3 is 30.9 Å². The third kappa shape index (κ3) is 3.53. The van der Waals surface area contributed by atoms with Crippen molar-refractivity contribution in [3.8, 4) is 5.69 Å². The number of hydrogen-bond donors (Lipinski definition) is 2. The van der Waals surface area contributed by atoms with E-state index >= 15 is 0 Å². The summed E-state index contributed by atoms with van der Waals surface area (Å²) in [7, 11) is 0. The molecular formula is C18H15LiN5O4+. The van der Waals surface area contributed by atoms with E-state index in [0.717, 1.165) is 16.8 Å². The van der Waals surface area contributed by atoms with Gasteiger partial charge in [-0.2, -0.15) is 5.10 Å². The molecule has 0 radical (unpaired) electrons. The first-order valence-corrected chi connectivity index (χ1v) is 8.00. The summed E-state index contributed by atoms with van der Waals surface area (Å²) in [5, 5.41) is 26.6. The predicted octanol–water partition coefficient (Wildman–Crippen LogP) is -1.26. The number of hydrogen-bond acceptors (Lipinski definition) is 4. The van der Waals surface area contributed by atoms with Crippen molar-refractivity contribution in [3.63, 3.8) is 0 Å². The minimum atomic E-state index is -1.35. The van der Waals surface area contributed by atoms with Crippen molar-refractivity contribution in [2.75, 3.05) is 0 Å². The van der Waals surface area contributed by atoms with E-state index < -0.39 is 12.1 Å². The Morgan fingerprint density at radius 2 is 1.86 bits per heavy atom. The topological polar surface area (TPSA) is 114 Å². The quantitative estimate of drug-likeness (QED) is 0.341. The molecule has 3 aromatic heterocycles. The van der Waals surface area contributed by atoms with Crippen molar-refractivity contribution in [2.24, 2.45) is 0 Å². The summed E-state index contributed by atoms with van der Waals surface area (Å²) < 4.78 is 3.80. The third-order valence-electron chi connectivity index (χ3n) is 4.14. The number of rotatable bonds is 4. The fourth-order valence-electron chi connectivity index (χ4n) is 2.96. The zero-order valence-corrected chi connectivity index (χ0v) is 14.9. The Labute approximate surface area is 172 Å². The van der Waals surface area contributed by atoms with Crippen LogP contribution in [0.25, 0.3) is 11.3 Å². The normalized spacial score (nSPS) is 10.6. The van der Waals surface area contributed by atoms with E-state index in [1.165, 1.54) is 16.8 Å². The fraction of sp³-hybridized carbons (Fsp3) is 0.0556. The molecule has 9 nitrogen and oxygen atoms in total. The van der Waals surface area contributed by atoms with Crippen LogP contribution in [-0.4, -0.2) is 41.8 Å². The zero-order valence-electron chi connectivity index (χ0n) is 15.9. The number of pyridine rings is 1. The van der Waals surface area contributed by atoms with Gasteiger partial charge < -0.3 is 11.6 Å². The van der Waals surface area contributed by atoms with E-state index in [9.17, 15) is 19.8 Å². The molecule has 0 atom stereocenters. The van der Waals surface area contributed by atoms with Gasteiger partial charge in [-0.25, -0.2) is 18.7 Å². The number of aromatic carboxylic acids is 1. The number of benzene rings is 1. The monoisotopic (exact) mass is 372 g/mol. The Hall–Kier alpha value is -3.41. The van der Waals surface area contributed by atoms with E-state index in [-0.39, 0.29) is 31.5 Å². The van der Waals surface area contributed by atoms with E-state index in [0.29, 0.717) is 11.1 Å². The minimum Gasteiger partial charge on any atom is -1.00 e. The van der Waals surface area contributed by atoms with E-state index in [1.54, 1.807) is 17.1 Å². The van der Waals surface area contributed by atoms with Gasteiger partial charge in [0.1, 0.15) is 5.56 Å². The van der Waals surface area contributed by atoms with Crippen molar-refractivity contribution in [3.05, 3.63) is 78.0 Å². The maximum atomic E-state index is 11.6. The van der Waals surface area contributed by atoms with Crippen LogP contribution in [0.15, 0.2) is 61.3 Å². The predicted molar refractivity (Wildman–Crippen MR) is 93.3 cm³/mol. The SMILES string of the molecule is O=C(O)c1cc(Cc2ccc(-n3cccn3)cc2)c[n+]2cnn(C(=O)O)c12.[H-].[Li+]. The Balaban J connectivity index is 0.00000150. The number of carbonyl (C=O) groups is 2. The average Bonchev–Trinajstić information content (AvgIpc) is 3.31. The molecule has 0 bridgehead atoms. The van der Waals surface area contributed by atoms with Crippen LogP contribution in [0.2, 0.25) is 0 Å². The molecule has 0 saturated heterocycles. The summed E-state index contributed by atoms with van der Waals surface area (Å²) in [6, 6.07) is 11.0. The molecule has 0 aliphatic heterocycles. The number of fused-ring (bicyclic) bond motifs is 1. The van der Waals surface area contributed by atoms with Crippen LogP contribution in [-0.2, 0) is 6.42 Å². The van der Waals surface area contributed by atoms with Crippen LogP contribution in [0.5, 0.6) is 0 Å². The summed E-state index contributed by atoms with van der Waals surface area (Å²) in [5.41, 5.74) is 2.49. The number of carboxylic acid groups (broad SMARTS) is 2. The molecule has 4 rings (SSSR count). The first-order chi connectivity index (χ1) is 13.0. The van der Waals surface area contributed by atoms with Crippen LogP contribution in [0, 0.1) is 0 Å². The van der Waals surface area contributed by atoms with Gasteiger partial charge in [0.05, 0.1) is 11.9 Å². The van der Waals surface area contributed by atoms with Crippen LogP contribution in [0.3, 0.4) is 0 Å². The standard InChI is InChI=1S/C18H13N5O4.Li.H/c24-17(25)15-9-13(10-21-11-20-23(16(15)21)18(26)27)8-12-2-4-14(5-3-12)22-7-1-6-19-22;;/h1-7,9-11H,8H2,(H-,24,25,26,27);;/q;+1;-1/p+1. The largest absolute Gasteiger partial charge is 1.00 e. The summed E-state index contributed by atoms with van der Waals surface area (Å²) in [4.78, 5) is 22.9. The van der Waals surface area contributed by atoms with Crippen LogP contribution >= 0.6 is 0 Å². The maximum absolute atomic E-state index is 11.6. The Kier molecular flexibility index (Phi) is 5.31. The van der Waals surface area contributed by atoms with Crippen molar-refractivity contribution >= 4 is 17.7 Å². The van der Waals surface area contributed by atoms with Gasteiger partial charge in [-0.05, 0) is 35.4 Å².